The van der Waals surface area contributed by atoms with Gasteiger partial charge in [0.25, 0.3) is 0 Å². The first-order valence-corrected chi connectivity index (χ1v) is 6.15. The van der Waals surface area contributed by atoms with Crippen molar-refractivity contribution >= 4 is 29.3 Å². The third-order valence-corrected chi connectivity index (χ3v) is 4.05. The Bertz CT molecular complexity index is 361. The van der Waals surface area contributed by atoms with Crippen LogP contribution in [0.3, 0.4) is 0 Å². The minimum Gasteiger partial charge on any atom is -0.340 e. The Hall–Kier alpha value is -1.10. The molecule has 6 heteroatoms. The van der Waals surface area contributed by atoms with Crippen molar-refractivity contribution in [2.24, 2.45) is 11.8 Å². The van der Waals surface area contributed by atoms with E-state index in [0.717, 1.165) is 4.90 Å². The second kappa shape index (κ2) is 4.29. The summed E-state index contributed by atoms with van der Waals surface area (Å²) in [6, 6.07) is 0. The van der Waals surface area contributed by atoms with Gasteiger partial charge in [-0.15, -0.1) is 11.6 Å². The molecule has 0 bridgehead atoms. The van der Waals surface area contributed by atoms with E-state index in [-0.39, 0.29) is 29.6 Å². The van der Waals surface area contributed by atoms with Gasteiger partial charge >= 0.3 is 0 Å². The van der Waals surface area contributed by atoms with E-state index in [2.05, 4.69) is 0 Å². The second-order valence-corrected chi connectivity index (χ2v) is 5.09. The van der Waals surface area contributed by atoms with Crippen LogP contribution in [-0.4, -0.2) is 53.0 Å². The van der Waals surface area contributed by atoms with Gasteiger partial charge in [0.15, 0.2) is 0 Å². The molecule has 0 aromatic rings. The van der Waals surface area contributed by atoms with E-state index in [4.69, 9.17) is 11.6 Å². The van der Waals surface area contributed by atoms with Gasteiger partial charge in [-0.3, -0.25) is 19.3 Å². The van der Waals surface area contributed by atoms with E-state index in [9.17, 15) is 14.4 Å². The number of nitrogens with zero attached hydrogens (tertiary/aromatic N) is 2. The lowest BCUT2D eigenvalue weighted by Gasteiger charge is -2.20. The number of alkyl halides is 1. The number of imide groups is 1. The van der Waals surface area contributed by atoms with Gasteiger partial charge in [-0.1, -0.05) is 6.92 Å². The first kappa shape index (κ1) is 12.4. The van der Waals surface area contributed by atoms with E-state index < -0.39 is 5.38 Å². The maximum atomic E-state index is 11.9. The standard InChI is InChI=1S/C11H15ClN2O3/c1-3-8(12)11(17)14-4-6-7(5-14)10(16)13(2)9(6)15/h6-8H,3-5H2,1-2H3/t6-,7+,8-/m0/s1. The highest BCUT2D eigenvalue weighted by Gasteiger charge is 2.52. The van der Waals surface area contributed by atoms with Crippen molar-refractivity contribution in [1.82, 2.24) is 9.80 Å². The molecule has 17 heavy (non-hydrogen) atoms. The Balaban J connectivity index is 2.09. The summed E-state index contributed by atoms with van der Waals surface area (Å²) in [4.78, 5) is 38.0. The van der Waals surface area contributed by atoms with Crippen LogP contribution in [0.1, 0.15) is 13.3 Å². The van der Waals surface area contributed by atoms with Crippen LogP contribution in [0.25, 0.3) is 0 Å². The molecule has 2 rings (SSSR count). The topological polar surface area (TPSA) is 57.7 Å². The van der Waals surface area contributed by atoms with Crippen LogP contribution in [0.15, 0.2) is 0 Å². The van der Waals surface area contributed by atoms with Crippen molar-refractivity contribution in [3.63, 3.8) is 0 Å². The third-order valence-electron chi connectivity index (χ3n) is 3.55. The molecule has 2 aliphatic rings. The van der Waals surface area contributed by atoms with Gasteiger partial charge in [0.05, 0.1) is 11.8 Å². The Morgan fingerprint density at radius 1 is 1.35 bits per heavy atom. The third kappa shape index (κ3) is 1.82. The zero-order valence-electron chi connectivity index (χ0n) is 9.85. The molecule has 2 fully saturated rings. The lowest BCUT2D eigenvalue weighted by Crippen LogP contribution is -2.39. The fourth-order valence-corrected chi connectivity index (χ4v) is 2.60. The van der Waals surface area contributed by atoms with Crippen LogP contribution in [0.2, 0.25) is 0 Å². The van der Waals surface area contributed by atoms with Crippen molar-refractivity contribution in [1.29, 1.82) is 0 Å². The molecule has 3 amide bonds. The minimum absolute atomic E-state index is 0.174. The van der Waals surface area contributed by atoms with E-state index in [1.165, 1.54) is 7.05 Å². The Labute approximate surface area is 105 Å². The summed E-state index contributed by atoms with van der Waals surface area (Å²) in [5, 5.41) is -0.559. The molecule has 0 saturated carbocycles. The van der Waals surface area contributed by atoms with Gasteiger partial charge in [-0.2, -0.15) is 0 Å². The smallest absolute Gasteiger partial charge is 0.240 e. The first-order valence-electron chi connectivity index (χ1n) is 5.71. The average Bonchev–Trinajstić information content (AvgIpc) is 2.85. The lowest BCUT2D eigenvalue weighted by atomic mass is 10.00. The summed E-state index contributed by atoms with van der Waals surface area (Å²) in [7, 11) is 1.49. The molecular weight excluding hydrogens is 244 g/mol. The summed E-state index contributed by atoms with van der Waals surface area (Å²) >= 11 is 5.88. The van der Waals surface area contributed by atoms with Crippen LogP contribution >= 0.6 is 11.6 Å². The molecule has 94 valence electrons. The highest BCUT2D eigenvalue weighted by Crippen LogP contribution is 2.33. The predicted octanol–water partition coefficient (Wildman–Crippen LogP) is 0.0770. The van der Waals surface area contributed by atoms with Crippen molar-refractivity contribution in [2.45, 2.75) is 18.7 Å². The van der Waals surface area contributed by atoms with Crippen LogP contribution in [0.5, 0.6) is 0 Å². The SMILES string of the molecule is CC[C@H](Cl)C(=O)N1C[C@@H]2C(=O)N(C)C(=O)[C@@H]2C1. The highest BCUT2D eigenvalue weighted by molar-refractivity contribution is 6.30. The molecule has 0 spiro atoms. The fourth-order valence-electron chi connectivity index (χ4n) is 2.46. The second-order valence-electron chi connectivity index (χ2n) is 4.57. The highest BCUT2D eigenvalue weighted by atomic mass is 35.5. The fraction of sp³-hybridized carbons (Fsp3) is 0.727. The summed E-state index contributed by atoms with van der Waals surface area (Å²) < 4.78 is 0. The minimum atomic E-state index is -0.559. The normalized spacial score (nSPS) is 29.8. The molecule has 0 N–H and O–H groups in total. The summed E-state index contributed by atoms with van der Waals surface area (Å²) in [6.07, 6.45) is 0.550. The number of carbonyl (C=O) groups excluding carboxylic acids is 3. The average molecular weight is 259 g/mol. The van der Waals surface area contributed by atoms with Gasteiger partial charge in [-0.05, 0) is 6.42 Å². The van der Waals surface area contributed by atoms with Crippen molar-refractivity contribution < 1.29 is 14.4 Å². The number of likely N-dealkylation sites (tertiary alicyclic amines) is 2. The number of amides is 3. The van der Waals surface area contributed by atoms with Crippen molar-refractivity contribution in [3.8, 4) is 0 Å². The number of hydrogen-bond acceptors (Lipinski definition) is 3. The van der Waals surface area contributed by atoms with E-state index in [1.54, 1.807) is 4.90 Å². The number of fused-ring (bicyclic) bond motifs is 1. The molecule has 0 unspecified atom stereocenters. The quantitative estimate of drug-likeness (QED) is 0.521. The van der Waals surface area contributed by atoms with Crippen LogP contribution in [0.4, 0.5) is 0 Å². The molecule has 0 aromatic heterocycles. The predicted molar refractivity (Wildman–Crippen MR) is 61.3 cm³/mol. The summed E-state index contributed by atoms with van der Waals surface area (Å²) in [6.45, 7) is 2.47. The Morgan fingerprint density at radius 3 is 2.24 bits per heavy atom. The molecule has 2 saturated heterocycles. The van der Waals surface area contributed by atoms with Gasteiger partial charge in [0, 0.05) is 20.1 Å². The largest absolute Gasteiger partial charge is 0.340 e. The number of halogens is 1. The molecule has 5 nitrogen and oxygen atoms in total. The van der Waals surface area contributed by atoms with Gasteiger partial charge in [0.1, 0.15) is 5.38 Å². The monoisotopic (exact) mass is 258 g/mol. The number of hydrogen-bond donors (Lipinski definition) is 0. The maximum Gasteiger partial charge on any atom is 0.240 e. The molecule has 0 aliphatic carbocycles. The summed E-state index contributed by atoms with van der Waals surface area (Å²) in [5.74, 6) is -1.27. The lowest BCUT2D eigenvalue weighted by molar-refractivity contribution is -0.139. The number of carbonyl (C=O) groups is 3. The first-order chi connectivity index (χ1) is 7.97. The Kier molecular flexibility index (Phi) is 3.12. The molecular formula is C11H15ClN2O3. The van der Waals surface area contributed by atoms with E-state index >= 15 is 0 Å². The van der Waals surface area contributed by atoms with Crippen LogP contribution in [0, 0.1) is 11.8 Å². The van der Waals surface area contributed by atoms with Crippen molar-refractivity contribution in [2.75, 3.05) is 20.1 Å². The molecule has 2 aliphatic heterocycles. The summed E-state index contributed by atoms with van der Waals surface area (Å²) in [5.41, 5.74) is 0. The molecule has 3 atom stereocenters. The van der Waals surface area contributed by atoms with E-state index in [0.29, 0.717) is 19.5 Å². The van der Waals surface area contributed by atoms with Gasteiger partial charge in [0.2, 0.25) is 17.7 Å². The maximum absolute atomic E-state index is 11.9. The van der Waals surface area contributed by atoms with Crippen LogP contribution < -0.4 is 0 Å². The zero-order chi connectivity index (χ0) is 12.7. The van der Waals surface area contributed by atoms with E-state index in [1.807, 2.05) is 6.92 Å². The number of rotatable bonds is 2. The molecule has 0 radical (unpaired) electrons. The molecule has 2 heterocycles. The Morgan fingerprint density at radius 2 is 1.82 bits per heavy atom. The zero-order valence-corrected chi connectivity index (χ0v) is 10.6. The van der Waals surface area contributed by atoms with Crippen LogP contribution in [-0.2, 0) is 14.4 Å². The van der Waals surface area contributed by atoms with Gasteiger partial charge < -0.3 is 4.90 Å². The van der Waals surface area contributed by atoms with Crippen molar-refractivity contribution in [3.05, 3.63) is 0 Å². The molecule has 0 aromatic carbocycles. The van der Waals surface area contributed by atoms with Gasteiger partial charge in [-0.25, -0.2) is 0 Å².